The summed E-state index contributed by atoms with van der Waals surface area (Å²) in [5.41, 5.74) is 2.39. The quantitative estimate of drug-likeness (QED) is 0.283. The van der Waals surface area contributed by atoms with Crippen LogP contribution in [0.5, 0.6) is 16.7 Å². The van der Waals surface area contributed by atoms with Crippen LogP contribution in [0.1, 0.15) is 5.69 Å². The van der Waals surface area contributed by atoms with Gasteiger partial charge in [0.1, 0.15) is 29.4 Å². The molecular formula is C24H17FN6O4S. The molecule has 180 valence electrons. The van der Waals surface area contributed by atoms with Crippen LogP contribution >= 0.6 is 11.3 Å². The summed E-state index contributed by atoms with van der Waals surface area (Å²) in [5.74, 6) is 1.46. The normalized spacial score (nSPS) is 11.3. The Labute approximate surface area is 207 Å². The minimum Gasteiger partial charge on any atom is -0.496 e. The molecule has 0 bridgehead atoms. The molecule has 10 nitrogen and oxygen atoms in total. The molecule has 1 aromatic carbocycles. The van der Waals surface area contributed by atoms with Crippen molar-refractivity contribution in [2.75, 3.05) is 14.2 Å². The molecule has 0 spiro atoms. The number of halogens is 1. The van der Waals surface area contributed by atoms with Gasteiger partial charge in [-0.15, -0.1) is 5.10 Å². The van der Waals surface area contributed by atoms with Gasteiger partial charge in [-0.2, -0.15) is 8.91 Å². The van der Waals surface area contributed by atoms with Crippen molar-refractivity contribution in [1.29, 1.82) is 0 Å². The van der Waals surface area contributed by atoms with E-state index in [0.717, 1.165) is 5.39 Å². The molecule has 12 heteroatoms. The fourth-order valence-electron chi connectivity index (χ4n) is 3.68. The van der Waals surface area contributed by atoms with Crippen molar-refractivity contribution in [3.63, 3.8) is 0 Å². The highest BCUT2D eigenvalue weighted by atomic mass is 32.1. The second kappa shape index (κ2) is 8.89. The molecule has 5 heterocycles. The number of aromatic nitrogens is 6. The Kier molecular flexibility index (Phi) is 5.41. The summed E-state index contributed by atoms with van der Waals surface area (Å²) in [6.45, 7) is 0.145. The van der Waals surface area contributed by atoms with Gasteiger partial charge in [-0.25, -0.2) is 19.9 Å². The van der Waals surface area contributed by atoms with Gasteiger partial charge >= 0.3 is 0 Å². The highest BCUT2D eigenvalue weighted by molar-refractivity contribution is 7.18. The van der Waals surface area contributed by atoms with Crippen molar-refractivity contribution in [3.8, 4) is 39.5 Å². The molecule has 6 aromatic rings. The molecular weight excluding hydrogens is 487 g/mol. The standard InChI is InChI=1S/C24H17FN6O4S/c1-32-15-8-18(34-12-14-4-6-27-22(29-14)13-3-5-26-21(25)7-13)16-10-20(35-19(16)9-15)17-11-28-23-31(17)30-24(33-2)36-23/h3-11H,12H2,1-2H3. The third kappa shape index (κ3) is 3.96. The number of rotatable bonds is 7. The first-order valence-corrected chi connectivity index (χ1v) is 11.5. The van der Waals surface area contributed by atoms with E-state index in [0.29, 0.717) is 55.8 Å². The van der Waals surface area contributed by atoms with Crippen LogP contribution in [0, 0.1) is 5.95 Å². The van der Waals surface area contributed by atoms with Crippen LogP contribution in [0.3, 0.4) is 0 Å². The Morgan fingerprint density at radius 2 is 1.92 bits per heavy atom. The fraction of sp³-hybridized carbons (Fsp3) is 0.125. The number of hydrogen-bond donors (Lipinski definition) is 0. The van der Waals surface area contributed by atoms with Gasteiger partial charge in [-0.05, 0) is 29.5 Å². The third-order valence-corrected chi connectivity index (χ3v) is 6.26. The van der Waals surface area contributed by atoms with E-state index in [1.54, 1.807) is 55.4 Å². The maximum absolute atomic E-state index is 13.5. The lowest BCUT2D eigenvalue weighted by Crippen LogP contribution is -2.01. The smallest absolute Gasteiger partial charge is 0.294 e. The number of ether oxygens (including phenoxy) is 3. The molecule has 0 unspecified atom stereocenters. The largest absolute Gasteiger partial charge is 0.496 e. The molecule has 0 fully saturated rings. The zero-order valence-corrected chi connectivity index (χ0v) is 19.8. The third-order valence-electron chi connectivity index (χ3n) is 5.38. The van der Waals surface area contributed by atoms with Crippen molar-refractivity contribution < 1.29 is 23.0 Å². The van der Waals surface area contributed by atoms with Crippen molar-refractivity contribution in [2.24, 2.45) is 0 Å². The minimum absolute atomic E-state index is 0.145. The molecule has 0 aliphatic carbocycles. The van der Waals surface area contributed by atoms with Crippen LogP contribution in [-0.4, -0.2) is 43.8 Å². The van der Waals surface area contributed by atoms with Gasteiger partial charge in [-0.1, -0.05) is 0 Å². The van der Waals surface area contributed by atoms with Crippen molar-refractivity contribution in [2.45, 2.75) is 6.61 Å². The summed E-state index contributed by atoms with van der Waals surface area (Å²) in [6.07, 6.45) is 4.66. The Morgan fingerprint density at radius 1 is 1.03 bits per heavy atom. The summed E-state index contributed by atoms with van der Waals surface area (Å²) in [4.78, 5) is 17.4. The van der Waals surface area contributed by atoms with Gasteiger partial charge in [0.15, 0.2) is 11.6 Å². The number of furan rings is 1. The van der Waals surface area contributed by atoms with Gasteiger partial charge < -0.3 is 18.6 Å². The summed E-state index contributed by atoms with van der Waals surface area (Å²) in [7, 11) is 3.13. The Bertz CT molecular complexity index is 1710. The van der Waals surface area contributed by atoms with Gasteiger partial charge in [0.25, 0.3) is 5.19 Å². The van der Waals surface area contributed by atoms with Crippen LogP contribution in [0.15, 0.2) is 59.4 Å². The van der Waals surface area contributed by atoms with E-state index in [1.807, 2.05) is 6.07 Å². The maximum atomic E-state index is 13.5. The molecule has 0 N–H and O–H groups in total. The van der Waals surface area contributed by atoms with Crippen LogP contribution < -0.4 is 14.2 Å². The predicted octanol–water partition coefficient (Wildman–Crippen LogP) is 4.79. The van der Waals surface area contributed by atoms with Gasteiger partial charge in [0, 0.05) is 36.2 Å². The lowest BCUT2D eigenvalue weighted by Gasteiger charge is -2.09. The first-order chi connectivity index (χ1) is 17.6. The lowest BCUT2D eigenvalue weighted by molar-refractivity contribution is 0.302. The van der Waals surface area contributed by atoms with E-state index in [2.05, 4.69) is 25.0 Å². The average molecular weight is 505 g/mol. The predicted molar refractivity (Wildman–Crippen MR) is 129 cm³/mol. The van der Waals surface area contributed by atoms with Crippen LogP contribution in [0.4, 0.5) is 4.39 Å². The second-order valence-corrected chi connectivity index (χ2v) is 8.50. The highest BCUT2D eigenvalue weighted by Crippen LogP contribution is 2.38. The SMILES string of the molecule is COc1cc(OCc2ccnc(-c3ccnc(F)c3)n2)c2cc(-c3cnc4sc(OC)nn34)oc2c1. The molecule has 5 aromatic heterocycles. The molecule has 0 radical (unpaired) electrons. The Hall–Kier alpha value is -4.58. The van der Waals surface area contributed by atoms with Crippen molar-refractivity contribution >= 4 is 27.3 Å². The number of hydrogen-bond acceptors (Lipinski definition) is 10. The van der Waals surface area contributed by atoms with E-state index < -0.39 is 5.95 Å². The average Bonchev–Trinajstić information content (AvgIpc) is 3.61. The number of nitrogens with zero attached hydrogens (tertiary/aromatic N) is 6. The summed E-state index contributed by atoms with van der Waals surface area (Å²) in [5, 5.41) is 5.65. The topological polar surface area (TPSA) is 110 Å². The number of imidazole rings is 1. The van der Waals surface area contributed by atoms with Crippen LogP contribution in [-0.2, 0) is 6.61 Å². The van der Waals surface area contributed by atoms with E-state index in [4.69, 9.17) is 18.6 Å². The van der Waals surface area contributed by atoms with Gasteiger partial charge in [0.05, 0.1) is 31.5 Å². The van der Waals surface area contributed by atoms with Crippen molar-refractivity contribution in [1.82, 2.24) is 29.5 Å². The monoisotopic (exact) mass is 504 g/mol. The molecule has 0 aliphatic heterocycles. The first-order valence-electron chi connectivity index (χ1n) is 10.7. The Balaban J connectivity index is 1.33. The molecule has 36 heavy (non-hydrogen) atoms. The molecule has 0 atom stereocenters. The maximum Gasteiger partial charge on any atom is 0.294 e. The van der Waals surface area contributed by atoms with E-state index in [9.17, 15) is 4.39 Å². The number of pyridine rings is 1. The van der Waals surface area contributed by atoms with E-state index in [-0.39, 0.29) is 6.61 Å². The zero-order valence-electron chi connectivity index (χ0n) is 19.0. The zero-order chi connectivity index (χ0) is 24.6. The highest BCUT2D eigenvalue weighted by Gasteiger charge is 2.18. The molecule has 6 rings (SSSR count). The Morgan fingerprint density at radius 3 is 2.75 bits per heavy atom. The number of fused-ring (bicyclic) bond motifs is 2. The summed E-state index contributed by atoms with van der Waals surface area (Å²) >= 11 is 1.33. The number of methoxy groups -OCH3 is 2. The summed E-state index contributed by atoms with van der Waals surface area (Å²) in [6, 6.07) is 10.1. The first kappa shape index (κ1) is 21.9. The summed E-state index contributed by atoms with van der Waals surface area (Å²) < 4.78 is 38.1. The molecule has 0 aliphatic rings. The fourth-order valence-corrected chi connectivity index (χ4v) is 4.37. The molecule has 0 saturated carbocycles. The van der Waals surface area contributed by atoms with Crippen LogP contribution in [0.2, 0.25) is 0 Å². The molecule has 0 saturated heterocycles. The van der Waals surface area contributed by atoms with E-state index >= 15 is 0 Å². The van der Waals surface area contributed by atoms with Crippen LogP contribution in [0.25, 0.3) is 38.8 Å². The number of benzene rings is 1. The van der Waals surface area contributed by atoms with Gasteiger partial charge in [0.2, 0.25) is 10.9 Å². The second-order valence-electron chi connectivity index (χ2n) is 7.59. The van der Waals surface area contributed by atoms with E-state index in [1.165, 1.54) is 23.6 Å². The minimum atomic E-state index is -0.598. The van der Waals surface area contributed by atoms with Gasteiger partial charge in [-0.3, -0.25) is 0 Å². The lowest BCUT2D eigenvalue weighted by atomic mass is 10.2. The molecule has 0 amide bonds. The van der Waals surface area contributed by atoms with Crippen molar-refractivity contribution in [3.05, 3.63) is 66.6 Å².